The molecular formula is C20H22O4S. The van der Waals surface area contributed by atoms with E-state index in [1.807, 2.05) is 18.2 Å². The molecule has 0 aliphatic carbocycles. The van der Waals surface area contributed by atoms with Crippen molar-refractivity contribution in [2.24, 2.45) is 5.41 Å². The first-order chi connectivity index (χ1) is 11.7. The van der Waals surface area contributed by atoms with Crippen molar-refractivity contribution >= 4 is 21.4 Å². The largest absolute Gasteiger partial charge is 0.460 e. The molecular weight excluding hydrogens is 336 g/mol. The number of carbonyl (C=O) groups is 1. The van der Waals surface area contributed by atoms with Gasteiger partial charge in [0.2, 0.25) is 0 Å². The molecule has 4 nitrogen and oxygen atoms in total. The Morgan fingerprint density at radius 3 is 2.00 bits per heavy atom. The molecule has 0 spiro atoms. The molecule has 0 radical (unpaired) electrons. The van der Waals surface area contributed by atoms with Crippen molar-refractivity contribution in [3.05, 3.63) is 71.6 Å². The fraction of sp³-hybridized carbons (Fsp3) is 0.250. The number of carbonyl (C=O) groups excluding carboxylic acids is 1. The van der Waals surface area contributed by atoms with Gasteiger partial charge in [-0.25, -0.2) is 8.42 Å². The van der Waals surface area contributed by atoms with Crippen LogP contribution in [0.15, 0.2) is 71.0 Å². The lowest BCUT2D eigenvalue weighted by molar-refractivity contribution is -0.151. The second-order valence-corrected chi connectivity index (χ2v) is 8.49. The Balaban J connectivity index is 2.37. The van der Waals surface area contributed by atoms with Gasteiger partial charge in [0.05, 0.1) is 10.3 Å². The first-order valence-electron chi connectivity index (χ1n) is 7.93. The van der Waals surface area contributed by atoms with Crippen molar-refractivity contribution in [1.82, 2.24) is 0 Å². The maximum absolute atomic E-state index is 12.6. The Morgan fingerprint density at radius 1 is 0.960 bits per heavy atom. The van der Waals surface area contributed by atoms with E-state index < -0.39 is 15.3 Å². The normalized spacial score (nSPS) is 12.7. The van der Waals surface area contributed by atoms with Gasteiger partial charge < -0.3 is 4.74 Å². The molecule has 0 aliphatic rings. The van der Waals surface area contributed by atoms with Crippen molar-refractivity contribution in [3.63, 3.8) is 0 Å². The quantitative estimate of drug-likeness (QED) is 0.755. The fourth-order valence-electron chi connectivity index (χ4n) is 2.06. The molecule has 0 unspecified atom stereocenters. The van der Waals surface area contributed by atoms with Gasteiger partial charge in [-0.05, 0) is 38.5 Å². The van der Waals surface area contributed by atoms with E-state index in [1.165, 1.54) is 17.5 Å². The average molecular weight is 358 g/mol. The van der Waals surface area contributed by atoms with Crippen LogP contribution in [0.1, 0.15) is 26.3 Å². The highest BCUT2D eigenvalue weighted by Crippen LogP contribution is 2.22. The van der Waals surface area contributed by atoms with Crippen molar-refractivity contribution in [1.29, 1.82) is 0 Å². The molecule has 0 N–H and O–H groups in total. The zero-order valence-corrected chi connectivity index (χ0v) is 15.4. The zero-order valence-electron chi connectivity index (χ0n) is 14.6. The van der Waals surface area contributed by atoms with Crippen LogP contribution in [0.4, 0.5) is 0 Å². The Bertz CT molecular complexity index is 846. The minimum Gasteiger partial charge on any atom is -0.460 e. The summed E-state index contributed by atoms with van der Waals surface area (Å²) in [5, 5.41) is 1.17. The highest BCUT2D eigenvalue weighted by Gasteiger charge is 2.24. The van der Waals surface area contributed by atoms with Crippen molar-refractivity contribution < 1.29 is 17.9 Å². The first-order valence-corrected chi connectivity index (χ1v) is 9.48. The number of esters is 1. The van der Waals surface area contributed by atoms with Crippen LogP contribution in [0, 0.1) is 5.41 Å². The summed E-state index contributed by atoms with van der Waals surface area (Å²) in [7, 11) is -3.64. The lowest BCUT2D eigenvalue weighted by Gasteiger charge is -2.17. The third kappa shape index (κ3) is 5.29. The lowest BCUT2D eigenvalue weighted by atomic mass is 9.97. The topological polar surface area (TPSA) is 60.4 Å². The van der Waals surface area contributed by atoms with E-state index in [4.69, 9.17) is 4.74 Å². The summed E-state index contributed by atoms with van der Waals surface area (Å²) >= 11 is 0. The van der Waals surface area contributed by atoms with Crippen LogP contribution in [0.2, 0.25) is 0 Å². The van der Waals surface area contributed by atoms with Gasteiger partial charge in [-0.2, -0.15) is 0 Å². The van der Waals surface area contributed by atoms with Crippen LogP contribution in [-0.4, -0.2) is 21.0 Å². The molecule has 0 aromatic heterocycles. The molecule has 25 heavy (non-hydrogen) atoms. The van der Waals surface area contributed by atoms with Crippen molar-refractivity contribution in [2.75, 3.05) is 6.61 Å². The Hall–Kier alpha value is -2.40. The average Bonchev–Trinajstić information content (AvgIpc) is 2.59. The highest BCUT2D eigenvalue weighted by molar-refractivity contribution is 7.94. The van der Waals surface area contributed by atoms with E-state index in [0.29, 0.717) is 11.1 Å². The monoisotopic (exact) mass is 358 g/mol. The summed E-state index contributed by atoms with van der Waals surface area (Å²) in [6.07, 6.45) is 0. The van der Waals surface area contributed by atoms with E-state index >= 15 is 0 Å². The summed E-state index contributed by atoms with van der Waals surface area (Å²) in [5.41, 5.74) is 0.478. The smallest absolute Gasteiger partial charge is 0.311 e. The summed E-state index contributed by atoms with van der Waals surface area (Å²) < 4.78 is 30.6. The summed E-state index contributed by atoms with van der Waals surface area (Å²) in [5.74, 6) is -0.383. The number of rotatable bonds is 5. The Kier molecular flexibility index (Phi) is 5.80. The molecule has 2 rings (SSSR count). The highest BCUT2D eigenvalue weighted by atomic mass is 32.2. The number of hydrogen-bond acceptors (Lipinski definition) is 4. The van der Waals surface area contributed by atoms with Crippen LogP contribution in [0.5, 0.6) is 0 Å². The Morgan fingerprint density at radius 2 is 1.48 bits per heavy atom. The summed E-state index contributed by atoms with van der Waals surface area (Å²) in [6.45, 7) is 5.15. The maximum atomic E-state index is 12.6. The third-order valence-electron chi connectivity index (χ3n) is 3.48. The molecule has 0 bridgehead atoms. The van der Waals surface area contributed by atoms with Gasteiger partial charge in [-0.3, -0.25) is 4.79 Å². The van der Waals surface area contributed by atoms with Gasteiger partial charge in [0.1, 0.15) is 6.61 Å². The van der Waals surface area contributed by atoms with Crippen LogP contribution >= 0.6 is 0 Å². The van der Waals surface area contributed by atoms with Gasteiger partial charge in [0.25, 0.3) is 0 Å². The standard InChI is InChI=1S/C20H22O4S/c1-20(2,3)19(21)24-14-17(16-10-6-4-7-11-16)15-25(22,23)18-12-8-5-9-13-18/h4-13,15H,14H2,1-3H3/b17-15+. The number of benzene rings is 2. The van der Waals surface area contributed by atoms with Gasteiger partial charge in [-0.15, -0.1) is 0 Å². The van der Waals surface area contributed by atoms with Crippen LogP contribution < -0.4 is 0 Å². The molecule has 0 atom stereocenters. The predicted octanol–water partition coefficient (Wildman–Crippen LogP) is 4.09. The molecule has 0 heterocycles. The molecule has 0 amide bonds. The minimum absolute atomic E-state index is 0.105. The SMILES string of the molecule is CC(C)(C)C(=O)OC/C(=C\S(=O)(=O)c1ccccc1)c1ccccc1. The van der Waals surface area contributed by atoms with Gasteiger partial charge in [0.15, 0.2) is 9.84 Å². The maximum Gasteiger partial charge on any atom is 0.311 e. The molecule has 2 aromatic rings. The Labute approximate surface area is 149 Å². The van der Waals surface area contributed by atoms with Crippen LogP contribution in [0.25, 0.3) is 5.57 Å². The van der Waals surface area contributed by atoms with Crippen LogP contribution in [-0.2, 0) is 19.4 Å². The number of hydrogen-bond donors (Lipinski definition) is 0. The molecule has 2 aromatic carbocycles. The van der Waals surface area contributed by atoms with Crippen molar-refractivity contribution in [3.8, 4) is 0 Å². The lowest BCUT2D eigenvalue weighted by Crippen LogP contribution is -2.23. The van der Waals surface area contributed by atoms with Crippen LogP contribution in [0.3, 0.4) is 0 Å². The molecule has 0 saturated carbocycles. The molecule has 132 valence electrons. The van der Waals surface area contributed by atoms with E-state index in [1.54, 1.807) is 51.1 Å². The molecule has 0 saturated heterocycles. The second kappa shape index (κ2) is 7.66. The van der Waals surface area contributed by atoms with Gasteiger partial charge in [-0.1, -0.05) is 48.5 Å². The summed E-state index contributed by atoms with van der Waals surface area (Å²) in [4.78, 5) is 12.2. The molecule has 0 aliphatic heterocycles. The van der Waals surface area contributed by atoms with Gasteiger partial charge >= 0.3 is 5.97 Å². The van der Waals surface area contributed by atoms with Crippen molar-refractivity contribution in [2.45, 2.75) is 25.7 Å². The molecule has 0 fully saturated rings. The fourth-order valence-corrected chi connectivity index (χ4v) is 3.31. The second-order valence-electron chi connectivity index (χ2n) is 6.69. The number of sulfone groups is 1. The minimum atomic E-state index is -3.64. The van der Waals surface area contributed by atoms with E-state index in [0.717, 1.165) is 0 Å². The van der Waals surface area contributed by atoms with E-state index in [-0.39, 0.29) is 17.5 Å². The first kappa shape index (κ1) is 18.9. The third-order valence-corrected chi connectivity index (χ3v) is 5.01. The van der Waals surface area contributed by atoms with Gasteiger partial charge in [0, 0.05) is 11.0 Å². The number of ether oxygens (including phenoxy) is 1. The van der Waals surface area contributed by atoms with E-state index in [9.17, 15) is 13.2 Å². The zero-order chi connectivity index (χ0) is 18.5. The predicted molar refractivity (Wildman–Crippen MR) is 98.5 cm³/mol. The molecule has 5 heteroatoms. The van der Waals surface area contributed by atoms with E-state index in [2.05, 4.69) is 0 Å². The summed E-state index contributed by atoms with van der Waals surface area (Å²) in [6, 6.07) is 17.2.